The van der Waals surface area contributed by atoms with Crippen LogP contribution in [0.3, 0.4) is 0 Å². The number of ether oxygens (including phenoxy) is 1. The monoisotopic (exact) mass is 524 g/mol. The Bertz CT molecular complexity index is 1300. The van der Waals surface area contributed by atoms with E-state index in [4.69, 9.17) is 4.74 Å². The first kappa shape index (κ1) is 25.8. The van der Waals surface area contributed by atoms with Crippen LogP contribution in [0.25, 0.3) is 0 Å². The Kier molecular flexibility index (Phi) is 9.18. The molecule has 0 saturated carbocycles. The minimum atomic E-state index is -0.923. The third-order valence-corrected chi connectivity index (χ3v) is 6.05. The number of alkyl halides is 1. The highest BCUT2D eigenvalue weighted by Crippen LogP contribution is 2.18. The topological polar surface area (TPSA) is 148 Å². The minimum absolute atomic E-state index is 0.105. The second-order valence-electron chi connectivity index (χ2n) is 8.03. The molecular weight excluding hydrogens is 499 g/mol. The van der Waals surface area contributed by atoms with Gasteiger partial charge in [-0.2, -0.15) is 5.10 Å². The lowest BCUT2D eigenvalue weighted by atomic mass is 10.1. The fourth-order valence-corrected chi connectivity index (χ4v) is 4.24. The zero-order chi connectivity index (χ0) is 25.9. The van der Waals surface area contributed by atoms with Gasteiger partial charge >= 0.3 is 0 Å². The number of carbonyl (C=O) groups excluding carboxylic acids is 2. The highest BCUT2D eigenvalue weighted by molar-refractivity contribution is 7.15. The van der Waals surface area contributed by atoms with Crippen LogP contribution in [-0.2, 0) is 35.3 Å². The number of carbonyl (C=O) groups is 2. The lowest BCUT2D eigenvalue weighted by Gasteiger charge is -2.06. The van der Waals surface area contributed by atoms with Crippen molar-refractivity contribution >= 4 is 34.1 Å². The maximum absolute atomic E-state index is 12.3. The number of unbranched alkanes of at least 4 members (excludes halogenated alkanes) is 1. The molecular formula is C24H25FN8O3S. The second kappa shape index (κ2) is 13.2. The fourth-order valence-electron chi connectivity index (χ4n) is 3.44. The number of imidazole rings is 1. The van der Waals surface area contributed by atoms with Crippen molar-refractivity contribution in [2.75, 3.05) is 17.5 Å². The summed E-state index contributed by atoms with van der Waals surface area (Å²) in [4.78, 5) is 31.2. The molecule has 0 atom stereocenters. The molecule has 3 heterocycles. The number of benzene rings is 1. The van der Waals surface area contributed by atoms with Crippen LogP contribution < -0.4 is 15.4 Å². The Morgan fingerprint density at radius 2 is 1.81 bits per heavy atom. The highest BCUT2D eigenvalue weighted by Gasteiger charge is 2.11. The minimum Gasteiger partial charge on any atom is -0.463 e. The molecule has 0 spiro atoms. The maximum atomic E-state index is 12.3. The van der Waals surface area contributed by atoms with Crippen molar-refractivity contribution in [3.05, 3.63) is 70.9 Å². The highest BCUT2D eigenvalue weighted by atomic mass is 32.1. The number of anilines is 2. The summed E-state index contributed by atoms with van der Waals surface area (Å²) in [5.41, 5.74) is 2.18. The molecule has 0 radical (unpaired) electrons. The van der Waals surface area contributed by atoms with Crippen LogP contribution in [0.4, 0.5) is 15.3 Å². The summed E-state index contributed by atoms with van der Waals surface area (Å²) in [5.74, 6) is 0.288. The number of hydrogen-bond donors (Lipinski definition) is 3. The van der Waals surface area contributed by atoms with Gasteiger partial charge < -0.3 is 20.4 Å². The third kappa shape index (κ3) is 8.42. The number of aromatic nitrogens is 6. The van der Waals surface area contributed by atoms with E-state index in [-0.39, 0.29) is 24.7 Å². The molecule has 0 aliphatic heterocycles. The number of amides is 2. The van der Waals surface area contributed by atoms with E-state index in [1.807, 2.05) is 6.07 Å². The number of halogens is 1. The van der Waals surface area contributed by atoms with Gasteiger partial charge in [0, 0.05) is 12.6 Å². The van der Waals surface area contributed by atoms with Crippen molar-refractivity contribution in [1.29, 1.82) is 0 Å². The number of hydrogen-bond acceptors (Lipinski definition) is 9. The Morgan fingerprint density at radius 1 is 0.946 bits per heavy atom. The molecule has 192 valence electrons. The second-order valence-corrected chi connectivity index (χ2v) is 9.09. The number of rotatable bonds is 13. The Morgan fingerprint density at radius 3 is 2.59 bits per heavy atom. The first-order chi connectivity index (χ1) is 18.1. The summed E-state index contributed by atoms with van der Waals surface area (Å²) in [7, 11) is 0. The molecule has 0 aliphatic rings. The molecule has 37 heavy (non-hydrogen) atoms. The molecule has 13 heteroatoms. The molecule has 4 rings (SSSR count). The van der Waals surface area contributed by atoms with E-state index >= 15 is 0 Å². The summed E-state index contributed by atoms with van der Waals surface area (Å²) in [5, 5.41) is 23.2. The number of nitrogens with one attached hydrogen (secondary N) is 3. The summed E-state index contributed by atoms with van der Waals surface area (Å²) in [6, 6.07) is 10.3. The summed E-state index contributed by atoms with van der Waals surface area (Å²) >= 11 is 1.36. The van der Waals surface area contributed by atoms with Crippen molar-refractivity contribution in [2.24, 2.45) is 0 Å². The molecule has 2 amide bonds. The van der Waals surface area contributed by atoms with Crippen molar-refractivity contribution in [2.45, 2.75) is 38.5 Å². The van der Waals surface area contributed by atoms with E-state index < -0.39 is 6.86 Å². The largest absolute Gasteiger partial charge is 0.463 e. The van der Waals surface area contributed by atoms with Gasteiger partial charge in [-0.15, -0.1) is 15.3 Å². The van der Waals surface area contributed by atoms with Crippen LogP contribution >= 0.6 is 11.3 Å². The van der Waals surface area contributed by atoms with Crippen molar-refractivity contribution < 1.29 is 18.7 Å². The Labute approximate surface area is 215 Å². The lowest BCUT2D eigenvalue weighted by Crippen LogP contribution is -2.16. The Balaban J connectivity index is 1.15. The molecule has 1 aromatic carbocycles. The SMILES string of the molecule is O=C(Cc1cccc(OCF)c1)Nc1ccc(CCCCc2nnc(NC(=O)Cc3c[nH]cn3)s2)nn1. The summed E-state index contributed by atoms with van der Waals surface area (Å²) in [6.07, 6.45) is 6.70. The van der Waals surface area contributed by atoms with Gasteiger partial charge in [0.15, 0.2) is 5.82 Å². The summed E-state index contributed by atoms with van der Waals surface area (Å²) < 4.78 is 17.1. The van der Waals surface area contributed by atoms with Crippen LogP contribution in [0.2, 0.25) is 0 Å². The van der Waals surface area contributed by atoms with Gasteiger partial charge in [-0.25, -0.2) is 9.37 Å². The predicted octanol–water partition coefficient (Wildman–Crippen LogP) is 3.28. The van der Waals surface area contributed by atoms with Crippen molar-refractivity contribution in [3.8, 4) is 5.75 Å². The normalized spacial score (nSPS) is 10.7. The van der Waals surface area contributed by atoms with Crippen LogP contribution in [-0.4, -0.2) is 49.0 Å². The third-order valence-electron chi connectivity index (χ3n) is 5.15. The smallest absolute Gasteiger partial charge is 0.232 e. The molecule has 0 unspecified atom stereocenters. The lowest BCUT2D eigenvalue weighted by molar-refractivity contribution is -0.116. The van der Waals surface area contributed by atoms with E-state index in [0.717, 1.165) is 36.4 Å². The molecule has 0 aliphatic carbocycles. The number of nitrogens with zero attached hydrogens (tertiary/aromatic N) is 5. The first-order valence-corrected chi connectivity index (χ1v) is 12.4. The van der Waals surface area contributed by atoms with Crippen LogP contribution in [0.1, 0.15) is 34.8 Å². The molecule has 4 aromatic rings. The fraction of sp³-hybridized carbons (Fsp3) is 0.292. The van der Waals surface area contributed by atoms with Crippen LogP contribution in [0, 0.1) is 0 Å². The molecule has 0 fully saturated rings. The number of aromatic amines is 1. The van der Waals surface area contributed by atoms with Gasteiger partial charge in [-0.05, 0) is 49.1 Å². The van der Waals surface area contributed by atoms with E-state index in [2.05, 4.69) is 41.0 Å². The van der Waals surface area contributed by atoms with E-state index in [9.17, 15) is 14.0 Å². The average molecular weight is 525 g/mol. The van der Waals surface area contributed by atoms with Crippen LogP contribution in [0.5, 0.6) is 5.75 Å². The quantitative estimate of drug-likeness (QED) is 0.226. The number of aryl methyl sites for hydroxylation is 2. The number of H-pyrrole nitrogens is 1. The zero-order valence-corrected chi connectivity index (χ0v) is 20.6. The molecule has 0 saturated heterocycles. The average Bonchev–Trinajstić information content (AvgIpc) is 3.55. The predicted molar refractivity (Wildman–Crippen MR) is 135 cm³/mol. The van der Waals surface area contributed by atoms with E-state index in [1.54, 1.807) is 36.5 Å². The van der Waals surface area contributed by atoms with Crippen molar-refractivity contribution in [3.63, 3.8) is 0 Å². The van der Waals surface area contributed by atoms with Gasteiger partial charge in [0.25, 0.3) is 0 Å². The van der Waals surface area contributed by atoms with Gasteiger partial charge in [0.2, 0.25) is 23.8 Å². The summed E-state index contributed by atoms with van der Waals surface area (Å²) in [6.45, 7) is -0.923. The van der Waals surface area contributed by atoms with Gasteiger partial charge in [0.05, 0.1) is 30.6 Å². The van der Waals surface area contributed by atoms with Crippen molar-refractivity contribution in [1.82, 2.24) is 30.4 Å². The zero-order valence-electron chi connectivity index (χ0n) is 19.8. The Hall–Kier alpha value is -4.26. The first-order valence-electron chi connectivity index (χ1n) is 11.6. The molecule has 3 aromatic heterocycles. The molecule has 0 bridgehead atoms. The maximum Gasteiger partial charge on any atom is 0.232 e. The molecule has 11 nitrogen and oxygen atoms in total. The van der Waals surface area contributed by atoms with Gasteiger partial charge in [-0.1, -0.05) is 23.5 Å². The standard InChI is InChI=1S/C24H25FN8O3S/c25-14-36-19-6-3-4-16(10-19)11-21(34)28-20-9-8-17(30-31-20)5-1-2-7-23-32-33-24(37-23)29-22(35)12-18-13-26-15-27-18/h3-4,6,8-10,13,15H,1-2,5,7,11-12,14H2,(H,26,27)(H,28,31,34)(H,29,33,35). The van der Waals surface area contributed by atoms with Gasteiger partial charge in [-0.3, -0.25) is 9.59 Å². The van der Waals surface area contributed by atoms with E-state index in [1.165, 1.54) is 17.7 Å². The van der Waals surface area contributed by atoms with Gasteiger partial charge in [0.1, 0.15) is 10.8 Å². The van der Waals surface area contributed by atoms with E-state index in [0.29, 0.717) is 28.0 Å². The molecule has 3 N–H and O–H groups in total. The van der Waals surface area contributed by atoms with Crippen LogP contribution in [0.15, 0.2) is 48.9 Å².